The van der Waals surface area contributed by atoms with E-state index in [9.17, 15) is 0 Å². The molecule has 118 valence electrons. The van der Waals surface area contributed by atoms with Crippen molar-refractivity contribution in [1.82, 2.24) is 0 Å². The summed E-state index contributed by atoms with van der Waals surface area (Å²) in [4.78, 5) is 0. The fourth-order valence-corrected chi connectivity index (χ4v) is 2.92. The molecule has 1 heterocycles. The van der Waals surface area contributed by atoms with Crippen LogP contribution in [0.3, 0.4) is 0 Å². The third kappa shape index (κ3) is 3.60. The highest BCUT2D eigenvalue weighted by molar-refractivity contribution is 6.74. The lowest BCUT2D eigenvalue weighted by Gasteiger charge is -2.36. The van der Waals surface area contributed by atoms with Crippen molar-refractivity contribution in [2.45, 2.75) is 45.5 Å². The van der Waals surface area contributed by atoms with Crippen LogP contribution in [0.15, 0.2) is 47.4 Å². The van der Waals surface area contributed by atoms with Crippen LogP contribution in [0.4, 0.5) is 0 Å². The van der Waals surface area contributed by atoms with E-state index in [1.165, 1.54) is 0 Å². The Hall–Kier alpha value is -1.58. The standard InChI is InChI=1S/C19H26O2Si/c1-7-16-12-13-18(21-16)17-11-9-8-10-15(17)14-20-22(5,6)19(2,3)4/h7-13H,1,14H2,2-6H3. The fraction of sp³-hybridized carbons (Fsp3) is 0.368. The van der Waals surface area contributed by atoms with Gasteiger partial charge in [0.1, 0.15) is 11.5 Å². The van der Waals surface area contributed by atoms with E-state index in [1.54, 1.807) is 6.08 Å². The van der Waals surface area contributed by atoms with Crippen LogP contribution in [0, 0.1) is 0 Å². The van der Waals surface area contributed by atoms with Crippen molar-refractivity contribution < 1.29 is 8.84 Å². The van der Waals surface area contributed by atoms with Crippen LogP contribution in [0.5, 0.6) is 0 Å². The van der Waals surface area contributed by atoms with Crippen LogP contribution in [0.25, 0.3) is 17.4 Å². The number of furan rings is 1. The number of hydrogen-bond donors (Lipinski definition) is 0. The Morgan fingerprint density at radius 2 is 1.82 bits per heavy atom. The molecular weight excluding hydrogens is 288 g/mol. The van der Waals surface area contributed by atoms with E-state index in [-0.39, 0.29) is 5.04 Å². The predicted octanol–water partition coefficient (Wildman–Crippen LogP) is 6.11. The molecule has 1 aromatic heterocycles. The highest BCUT2D eigenvalue weighted by atomic mass is 28.4. The van der Waals surface area contributed by atoms with Crippen LogP contribution in [0.2, 0.25) is 18.1 Å². The zero-order valence-electron chi connectivity index (χ0n) is 14.3. The van der Waals surface area contributed by atoms with Gasteiger partial charge >= 0.3 is 0 Å². The first kappa shape index (κ1) is 16.8. The van der Waals surface area contributed by atoms with Crippen molar-refractivity contribution in [3.05, 3.63) is 54.3 Å². The fourth-order valence-electron chi connectivity index (χ4n) is 1.97. The second-order valence-electron chi connectivity index (χ2n) is 7.11. The molecule has 2 rings (SSSR count). The van der Waals surface area contributed by atoms with Crippen LogP contribution in [-0.2, 0) is 11.0 Å². The molecule has 0 unspecified atom stereocenters. The summed E-state index contributed by atoms with van der Waals surface area (Å²) in [7, 11) is -1.76. The molecule has 0 aliphatic heterocycles. The van der Waals surface area contributed by atoms with E-state index in [0.717, 1.165) is 22.6 Å². The molecule has 0 fully saturated rings. The first-order valence-electron chi connectivity index (χ1n) is 7.69. The Morgan fingerprint density at radius 3 is 2.41 bits per heavy atom. The Balaban J connectivity index is 2.24. The molecule has 2 aromatic rings. The Bertz CT molecular complexity index is 647. The minimum absolute atomic E-state index is 0.211. The summed E-state index contributed by atoms with van der Waals surface area (Å²) in [5.41, 5.74) is 2.26. The Morgan fingerprint density at radius 1 is 1.14 bits per heavy atom. The van der Waals surface area contributed by atoms with Gasteiger partial charge in [-0.2, -0.15) is 0 Å². The average molecular weight is 315 g/mol. The summed E-state index contributed by atoms with van der Waals surface area (Å²) in [6.07, 6.45) is 1.72. The molecule has 0 N–H and O–H groups in total. The van der Waals surface area contributed by atoms with E-state index in [1.807, 2.05) is 24.3 Å². The topological polar surface area (TPSA) is 22.4 Å². The highest BCUT2D eigenvalue weighted by Crippen LogP contribution is 2.37. The third-order valence-corrected chi connectivity index (χ3v) is 8.98. The number of benzene rings is 1. The lowest BCUT2D eigenvalue weighted by Crippen LogP contribution is -2.40. The van der Waals surface area contributed by atoms with Crippen LogP contribution >= 0.6 is 0 Å². The molecular formula is C19H26O2Si. The van der Waals surface area contributed by atoms with E-state index >= 15 is 0 Å². The molecule has 22 heavy (non-hydrogen) atoms. The molecule has 0 saturated heterocycles. The predicted molar refractivity (Wildman–Crippen MR) is 96.2 cm³/mol. The minimum Gasteiger partial charge on any atom is -0.457 e. The van der Waals surface area contributed by atoms with Gasteiger partial charge in [0.15, 0.2) is 8.32 Å². The van der Waals surface area contributed by atoms with Gasteiger partial charge < -0.3 is 8.84 Å². The van der Waals surface area contributed by atoms with Gasteiger partial charge in [0.2, 0.25) is 0 Å². The molecule has 0 saturated carbocycles. The summed E-state index contributed by atoms with van der Waals surface area (Å²) in [6.45, 7) is 15.7. The zero-order valence-corrected chi connectivity index (χ0v) is 15.3. The van der Waals surface area contributed by atoms with Crippen LogP contribution < -0.4 is 0 Å². The maximum atomic E-state index is 6.35. The second kappa shape index (κ2) is 6.27. The molecule has 0 amide bonds. The lowest BCUT2D eigenvalue weighted by molar-refractivity contribution is 0.276. The van der Waals surface area contributed by atoms with Gasteiger partial charge in [0.05, 0.1) is 6.61 Å². The largest absolute Gasteiger partial charge is 0.457 e. The average Bonchev–Trinajstić information content (AvgIpc) is 2.93. The van der Waals surface area contributed by atoms with Crippen molar-refractivity contribution in [2.24, 2.45) is 0 Å². The highest BCUT2D eigenvalue weighted by Gasteiger charge is 2.37. The van der Waals surface area contributed by atoms with Gasteiger partial charge in [0.25, 0.3) is 0 Å². The van der Waals surface area contributed by atoms with Gasteiger partial charge in [-0.05, 0) is 41.9 Å². The maximum Gasteiger partial charge on any atom is 0.192 e. The quantitative estimate of drug-likeness (QED) is 0.621. The number of hydrogen-bond acceptors (Lipinski definition) is 2. The van der Waals surface area contributed by atoms with Crippen LogP contribution in [0.1, 0.15) is 32.1 Å². The summed E-state index contributed by atoms with van der Waals surface area (Å²) in [6, 6.07) is 12.2. The summed E-state index contributed by atoms with van der Waals surface area (Å²) >= 11 is 0. The first-order chi connectivity index (χ1) is 10.2. The lowest BCUT2D eigenvalue weighted by atomic mass is 10.1. The minimum atomic E-state index is -1.76. The smallest absolute Gasteiger partial charge is 0.192 e. The van der Waals surface area contributed by atoms with Gasteiger partial charge in [0, 0.05) is 5.56 Å². The van der Waals surface area contributed by atoms with E-state index in [0.29, 0.717) is 6.61 Å². The zero-order chi connectivity index (χ0) is 16.4. The molecule has 0 radical (unpaired) electrons. The van der Waals surface area contributed by atoms with E-state index in [4.69, 9.17) is 8.84 Å². The molecule has 0 aliphatic rings. The van der Waals surface area contributed by atoms with Crippen molar-refractivity contribution in [3.63, 3.8) is 0 Å². The molecule has 0 bridgehead atoms. The van der Waals surface area contributed by atoms with Gasteiger partial charge in [-0.1, -0.05) is 51.6 Å². The number of rotatable bonds is 5. The summed E-state index contributed by atoms with van der Waals surface area (Å²) < 4.78 is 12.1. The van der Waals surface area contributed by atoms with Crippen molar-refractivity contribution in [2.75, 3.05) is 0 Å². The Kier molecular flexibility index (Phi) is 4.78. The van der Waals surface area contributed by atoms with Crippen molar-refractivity contribution in [1.29, 1.82) is 0 Å². The molecule has 2 nitrogen and oxygen atoms in total. The SMILES string of the molecule is C=Cc1ccc(-c2ccccc2CO[Si](C)(C)C(C)(C)C)o1. The third-order valence-electron chi connectivity index (χ3n) is 4.51. The second-order valence-corrected chi connectivity index (χ2v) is 11.9. The van der Waals surface area contributed by atoms with Gasteiger partial charge in [-0.3, -0.25) is 0 Å². The Labute approximate surface area is 134 Å². The summed E-state index contributed by atoms with van der Waals surface area (Å²) in [5.74, 6) is 1.65. The van der Waals surface area contributed by atoms with E-state index < -0.39 is 8.32 Å². The molecule has 0 atom stereocenters. The normalized spacial score (nSPS) is 12.4. The van der Waals surface area contributed by atoms with E-state index in [2.05, 4.69) is 52.6 Å². The van der Waals surface area contributed by atoms with Crippen LogP contribution in [-0.4, -0.2) is 8.32 Å². The maximum absolute atomic E-state index is 6.35. The van der Waals surface area contributed by atoms with Crippen molar-refractivity contribution >= 4 is 14.4 Å². The van der Waals surface area contributed by atoms with Gasteiger partial charge in [-0.25, -0.2) is 0 Å². The molecule has 0 spiro atoms. The first-order valence-corrected chi connectivity index (χ1v) is 10.6. The van der Waals surface area contributed by atoms with Crippen molar-refractivity contribution in [3.8, 4) is 11.3 Å². The van der Waals surface area contributed by atoms with Gasteiger partial charge in [-0.15, -0.1) is 0 Å². The monoisotopic (exact) mass is 314 g/mol. The molecule has 1 aromatic carbocycles. The summed E-state index contributed by atoms with van der Waals surface area (Å²) in [5, 5.41) is 0.211. The molecule has 3 heteroatoms. The molecule has 0 aliphatic carbocycles.